The van der Waals surface area contributed by atoms with Gasteiger partial charge in [-0.2, -0.15) is 5.01 Å². The SMILES string of the molecule is COC(=O)C1=CC(c2ccccc2[N+](=O)[O-])N2N1C(=O)CC2(C)C. The van der Waals surface area contributed by atoms with Crippen molar-refractivity contribution in [2.45, 2.75) is 31.8 Å². The normalized spacial score (nSPS) is 22.3. The van der Waals surface area contributed by atoms with Gasteiger partial charge >= 0.3 is 5.97 Å². The Morgan fingerprint density at radius 3 is 2.67 bits per heavy atom. The number of benzene rings is 1. The predicted octanol–water partition coefficient (Wildman–Crippen LogP) is 1.93. The average Bonchev–Trinajstić information content (AvgIpc) is 3.04. The number of para-hydroxylation sites is 1. The Morgan fingerprint density at radius 2 is 2.04 bits per heavy atom. The molecule has 0 spiro atoms. The Morgan fingerprint density at radius 1 is 1.38 bits per heavy atom. The largest absolute Gasteiger partial charge is 0.464 e. The first-order valence-corrected chi connectivity index (χ1v) is 7.43. The van der Waals surface area contributed by atoms with Crippen molar-refractivity contribution in [3.05, 3.63) is 51.7 Å². The summed E-state index contributed by atoms with van der Waals surface area (Å²) in [7, 11) is 1.23. The topological polar surface area (TPSA) is 93.0 Å². The Hall–Kier alpha value is -2.74. The van der Waals surface area contributed by atoms with Crippen LogP contribution in [0.25, 0.3) is 0 Å². The molecule has 0 aliphatic carbocycles. The van der Waals surface area contributed by atoms with E-state index >= 15 is 0 Å². The zero-order valence-corrected chi connectivity index (χ0v) is 13.6. The maximum absolute atomic E-state index is 12.4. The molecule has 1 aromatic rings. The van der Waals surface area contributed by atoms with Gasteiger partial charge in [-0.05, 0) is 19.9 Å². The summed E-state index contributed by atoms with van der Waals surface area (Å²) in [6, 6.07) is 5.73. The maximum atomic E-state index is 12.4. The number of nitro benzene ring substituents is 1. The highest BCUT2D eigenvalue weighted by molar-refractivity contribution is 5.96. The van der Waals surface area contributed by atoms with Gasteiger partial charge in [-0.15, -0.1) is 0 Å². The summed E-state index contributed by atoms with van der Waals surface area (Å²) in [6.07, 6.45) is 1.76. The van der Waals surface area contributed by atoms with E-state index in [0.29, 0.717) is 5.56 Å². The van der Waals surface area contributed by atoms with Crippen molar-refractivity contribution in [1.82, 2.24) is 10.0 Å². The van der Waals surface area contributed by atoms with Crippen molar-refractivity contribution in [1.29, 1.82) is 0 Å². The molecule has 8 heteroatoms. The van der Waals surface area contributed by atoms with E-state index in [9.17, 15) is 19.7 Å². The highest BCUT2D eigenvalue weighted by Crippen LogP contribution is 2.47. The zero-order valence-electron chi connectivity index (χ0n) is 13.6. The van der Waals surface area contributed by atoms with Crippen LogP contribution in [0.15, 0.2) is 36.0 Å². The van der Waals surface area contributed by atoms with Gasteiger partial charge in [-0.25, -0.2) is 9.80 Å². The second-order valence-electron chi connectivity index (χ2n) is 6.34. The number of carbonyl (C=O) groups excluding carboxylic acids is 2. The summed E-state index contributed by atoms with van der Waals surface area (Å²) < 4.78 is 4.76. The van der Waals surface area contributed by atoms with Gasteiger partial charge in [0.25, 0.3) is 5.69 Å². The molecule has 2 aliphatic heterocycles. The highest BCUT2D eigenvalue weighted by atomic mass is 16.6. The van der Waals surface area contributed by atoms with Crippen LogP contribution in [-0.4, -0.2) is 39.5 Å². The van der Waals surface area contributed by atoms with Crippen LogP contribution in [0.5, 0.6) is 0 Å². The number of nitro groups is 1. The number of rotatable bonds is 3. The van der Waals surface area contributed by atoms with Crippen molar-refractivity contribution >= 4 is 17.6 Å². The summed E-state index contributed by atoms with van der Waals surface area (Å²) >= 11 is 0. The average molecular weight is 331 g/mol. The lowest BCUT2D eigenvalue weighted by atomic mass is 9.96. The molecule has 1 aromatic carbocycles. The number of amides is 1. The fourth-order valence-corrected chi connectivity index (χ4v) is 3.34. The number of hydrogen-bond donors (Lipinski definition) is 0. The predicted molar refractivity (Wildman–Crippen MR) is 83.3 cm³/mol. The lowest BCUT2D eigenvalue weighted by molar-refractivity contribution is -0.386. The fourth-order valence-electron chi connectivity index (χ4n) is 3.34. The van der Waals surface area contributed by atoms with Gasteiger partial charge < -0.3 is 4.74 Å². The second kappa shape index (κ2) is 5.41. The smallest absolute Gasteiger partial charge is 0.356 e. The van der Waals surface area contributed by atoms with Gasteiger partial charge in [0.15, 0.2) is 0 Å². The minimum atomic E-state index is -0.646. The number of carbonyl (C=O) groups is 2. The van der Waals surface area contributed by atoms with Crippen molar-refractivity contribution < 1.29 is 19.2 Å². The summed E-state index contributed by atoms with van der Waals surface area (Å²) in [4.78, 5) is 35.4. The van der Waals surface area contributed by atoms with Crippen LogP contribution in [0.3, 0.4) is 0 Å². The standard InChI is InChI=1S/C16H17N3O5/c1-16(2)9-14(20)17-13(15(21)24-3)8-12(18(16)17)10-6-4-5-7-11(10)19(22)23/h4-8,12H,9H2,1-3H3. The number of methoxy groups -OCH3 is 1. The molecule has 0 N–H and O–H groups in total. The number of ether oxygens (including phenoxy) is 1. The van der Waals surface area contributed by atoms with Gasteiger partial charge in [0, 0.05) is 18.0 Å². The monoisotopic (exact) mass is 331 g/mol. The van der Waals surface area contributed by atoms with Crippen molar-refractivity contribution in [3.8, 4) is 0 Å². The van der Waals surface area contributed by atoms with E-state index in [2.05, 4.69) is 0 Å². The van der Waals surface area contributed by atoms with E-state index in [0.717, 1.165) is 0 Å². The van der Waals surface area contributed by atoms with Crippen LogP contribution in [0.1, 0.15) is 31.9 Å². The van der Waals surface area contributed by atoms with E-state index in [1.54, 1.807) is 29.3 Å². The van der Waals surface area contributed by atoms with Gasteiger partial charge in [0.1, 0.15) is 5.70 Å². The van der Waals surface area contributed by atoms with Crippen molar-refractivity contribution in [2.24, 2.45) is 0 Å². The van der Waals surface area contributed by atoms with E-state index in [4.69, 9.17) is 4.74 Å². The Kier molecular flexibility index (Phi) is 3.64. The quantitative estimate of drug-likeness (QED) is 0.477. The van der Waals surface area contributed by atoms with Crippen LogP contribution in [0.4, 0.5) is 5.69 Å². The van der Waals surface area contributed by atoms with E-state index in [-0.39, 0.29) is 23.7 Å². The molecule has 0 saturated carbocycles. The van der Waals surface area contributed by atoms with Crippen LogP contribution >= 0.6 is 0 Å². The molecule has 3 rings (SSSR count). The van der Waals surface area contributed by atoms with Crippen LogP contribution in [0, 0.1) is 10.1 Å². The third-order valence-electron chi connectivity index (χ3n) is 4.31. The first-order valence-electron chi connectivity index (χ1n) is 7.43. The van der Waals surface area contributed by atoms with Crippen LogP contribution < -0.4 is 0 Å². The molecule has 1 atom stereocenters. The molecule has 126 valence electrons. The Balaban J connectivity index is 2.17. The van der Waals surface area contributed by atoms with Gasteiger partial charge in [0.2, 0.25) is 5.91 Å². The van der Waals surface area contributed by atoms with Gasteiger partial charge in [-0.3, -0.25) is 14.9 Å². The summed E-state index contributed by atoms with van der Waals surface area (Å²) in [5.74, 6) is -0.884. The number of fused-ring (bicyclic) bond motifs is 1. The Bertz CT molecular complexity index is 771. The molecule has 1 unspecified atom stereocenters. The summed E-state index contributed by atoms with van der Waals surface area (Å²) in [6.45, 7) is 3.72. The third-order valence-corrected chi connectivity index (χ3v) is 4.31. The molecule has 24 heavy (non-hydrogen) atoms. The van der Waals surface area contributed by atoms with Gasteiger partial charge in [0.05, 0.1) is 23.6 Å². The minimum absolute atomic E-state index is 0.0556. The molecule has 1 fully saturated rings. The van der Waals surface area contributed by atoms with E-state index < -0.39 is 22.5 Å². The lowest BCUT2D eigenvalue weighted by Crippen LogP contribution is -2.45. The fraction of sp³-hybridized carbons (Fsp3) is 0.375. The minimum Gasteiger partial charge on any atom is -0.464 e. The number of hydrogen-bond acceptors (Lipinski definition) is 6. The summed E-state index contributed by atoms with van der Waals surface area (Å²) in [5.41, 5.74) is -0.122. The molecular formula is C16H17N3O5. The first-order chi connectivity index (χ1) is 11.3. The van der Waals surface area contributed by atoms with E-state index in [1.807, 2.05) is 13.8 Å². The van der Waals surface area contributed by atoms with Gasteiger partial charge in [-0.1, -0.05) is 18.2 Å². The molecule has 2 heterocycles. The molecule has 1 saturated heterocycles. The van der Waals surface area contributed by atoms with Crippen molar-refractivity contribution in [2.75, 3.05) is 7.11 Å². The first kappa shape index (κ1) is 16.1. The van der Waals surface area contributed by atoms with Crippen molar-refractivity contribution in [3.63, 3.8) is 0 Å². The lowest BCUT2D eigenvalue weighted by Gasteiger charge is -2.36. The maximum Gasteiger partial charge on any atom is 0.356 e. The number of nitrogens with zero attached hydrogens (tertiary/aromatic N) is 3. The summed E-state index contributed by atoms with van der Waals surface area (Å²) in [5, 5.41) is 14.4. The molecule has 0 bridgehead atoms. The second-order valence-corrected chi connectivity index (χ2v) is 6.34. The van der Waals surface area contributed by atoms with Crippen LogP contribution in [-0.2, 0) is 14.3 Å². The zero-order chi connectivity index (χ0) is 17.6. The Labute approximate surface area is 138 Å². The number of esters is 1. The molecule has 0 aromatic heterocycles. The molecular weight excluding hydrogens is 314 g/mol. The van der Waals surface area contributed by atoms with E-state index in [1.165, 1.54) is 18.2 Å². The highest BCUT2D eigenvalue weighted by Gasteiger charge is 2.54. The number of hydrazine groups is 1. The molecule has 2 aliphatic rings. The third kappa shape index (κ3) is 2.26. The molecule has 0 radical (unpaired) electrons. The molecule has 1 amide bonds. The van der Waals surface area contributed by atoms with Crippen LogP contribution in [0.2, 0.25) is 0 Å². The molecule has 8 nitrogen and oxygen atoms in total.